The minimum absolute atomic E-state index is 0.114. The van der Waals surface area contributed by atoms with Crippen LogP contribution < -0.4 is 4.90 Å². The minimum Gasteiger partial charge on any atom is -0.351 e. The third-order valence-electron chi connectivity index (χ3n) is 6.08. The monoisotopic (exact) mass is 393 g/mol. The normalized spacial score (nSPS) is 16.9. The second-order valence-electron chi connectivity index (χ2n) is 7.92. The first kappa shape index (κ1) is 18.1. The molecule has 0 unspecified atom stereocenters. The fourth-order valence-corrected chi connectivity index (χ4v) is 4.41. The molecule has 0 spiro atoms. The first-order chi connectivity index (χ1) is 14.1. The lowest BCUT2D eigenvalue weighted by Gasteiger charge is -2.35. The minimum atomic E-state index is -0.337. The molecule has 0 atom stereocenters. The van der Waals surface area contributed by atoms with Gasteiger partial charge in [0.25, 0.3) is 5.91 Å². The van der Waals surface area contributed by atoms with Crippen LogP contribution in [0.15, 0.2) is 30.6 Å². The van der Waals surface area contributed by atoms with Gasteiger partial charge in [-0.25, -0.2) is 13.9 Å². The van der Waals surface area contributed by atoms with Gasteiger partial charge in [0.05, 0.1) is 5.69 Å². The number of aryl methyl sites for hydroxylation is 3. The van der Waals surface area contributed by atoms with E-state index in [0.717, 1.165) is 24.2 Å². The van der Waals surface area contributed by atoms with Gasteiger partial charge in [-0.3, -0.25) is 4.79 Å². The zero-order valence-electron chi connectivity index (χ0n) is 16.6. The zero-order valence-corrected chi connectivity index (χ0v) is 16.6. The van der Waals surface area contributed by atoms with Crippen LogP contribution in [0.3, 0.4) is 0 Å². The first-order valence-corrected chi connectivity index (χ1v) is 10.3. The Morgan fingerprint density at radius 1 is 1.10 bits per heavy atom. The number of amides is 1. The number of rotatable bonds is 2. The molecule has 0 N–H and O–H groups in total. The maximum absolute atomic E-state index is 13.9. The van der Waals surface area contributed by atoms with Crippen molar-refractivity contribution >= 4 is 17.2 Å². The smallest absolute Gasteiger partial charge is 0.254 e. The molecule has 29 heavy (non-hydrogen) atoms. The van der Waals surface area contributed by atoms with E-state index in [1.165, 1.54) is 30.2 Å². The summed E-state index contributed by atoms with van der Waals surface area (Å²) in [5.74, 6) is 0.504. The van der Waals surface area contributed by atoms with Crippen LogP contribution in [0.4, 0.5) is 10.2 Å². The van der Waals surface area contributed by atoms with E-state index >= 15 is 0 Å². The van der Waals surface area contributed by atoms with E-state index in [9.17, 15) is 9.18 Å². The maximum atomic E-state index is 13.9. The van der Waals surface area contributed by atoms with E-state index in [4.69, 9.17) is 5.10 Å². The van der Waals surface area contributed by atoms with Crippen molar-refractivity contribution in [3.8, 4) is 0 Å². The van der Waals surface area contributed by atoms with Crippen molar-refractivity contribution in [1.82, 2.24) is 19.5 Å². The summed E-state index contributed by atoms with van der Waals surface area (Å²) in [7, 11) is 0. The molecule has 0 radical (unpaired) electrons. The number of hydrogen-bond acceptors (Lipinski definition) is 4. The molecule has 0 saturated carbocycles. The molecule has 1 aliphatic heterocycles. The van der Waals surface area contributed by atoms with Crippen molar-refractivity contribution in [3.05, 3.63) is 58.8 Å². The summed E-state index contributed by atoms with van der Waals surface area (Å²) < 4.78 is 15.8. The van der Waals surface area contributed by atoms with Gasteiger partial charge in [-0.15, -0.1) is 0 Å². The van der Waals surface area contributed by atoms with Crippen molar-refractivity contribution < 1.29 is 9.18 Å². The molecule has 5 rings (SSSR count). The Hall–Kier alpha value is -2.96. The summed E-state index contributed by atoms with van der Waals surface area (Å²) >= 11 is 0. The predicted octanol–water partition coefficient (Wildman–Crippen LogP) is 3.02. The molecule has 1 aliphatic carbocycles. The Morgan fingerprint density at radius 2 is 1.90 bits per heavy atom. The number of fused-ring (bicyclic) bond motifs is 3. The van der Waals surface area contributed by atoms with Crippen molar-refractivity contribution in [1.29, 1.82) is 0 Å². The van der Waals surface area contributed by atoms with Crippen LogP contribution in [0.1, 0.15) is 40.0 Å². The highest BCUT2D eigenvalue weighted by Gasteiger charge is 2.27. The zero-order chi connectivity index (χ0) is 20.0. The standard InChI is InChI=1S/C22H24FN5O/c1-15-6-7-16(14-18(15)23)22(29)27-12-10-26(11-13-27)21-20-17-4-2-3-5-19(17)25-28(20)9-8-24-21/h6-9,14H,2-5,10-13H2,1H3. The summed E-state index contributed by atoms with van der Waals surface area (Å²) in [4.78, 5) is 21.5. The molecule has 150 valence electrons. The van der Waals surface area contributed by atoms with Gasteiger partial charge in [-0.2, -0.15) is 5.10 Å². The van der Waals surface area contributed by atoms with Crippen LogP contribution in [0.5, 0.6) is 0 Å². The van der Waals surface area contributed by atoms with E-state index in [-0.39, 0.29) is 11.7 Å². The lowest BCUT2D eigenvalue weighted by molar-refractivity contribution is 0.0746. The van der Waals surface area contributed by atoms with Gasteiger partial charge in [0.2, 0.25) is 0 Å². The number of piperazine rings is 1. The number of halogens is 1. The van der Waals surface area contributed by atoms with Crippen LogP contribution in [0.25, 0.3) is 5.52 Å². The lowest BCUT2D eigenvalue weighted by Crippen LogP contribution is -2.49. The highest BCUT2D eigenvalue weighted by Crippen LogP contribution is 2.30. The second-order valence-corrected chi connectivity index (χ2v) is 7.92. The third-order valence-corrected chi connectivity index (χ3v) is 6.08. The summed E-state index contributed by atoms with van der Waals surface area (Å²) in [6, 6.07) is 4.70. The quantitative estimate of drug-likeness (QED) is 0.672. The summed E-state index contributed by atoms with van der Waals surface area (Å²) in [6.45, 7) is 4.28. The lowest BCUT2D eigenvalue weighted by atomic mass is 9.97. The van der Waals surface area contributed by atoms with Crippen molar-refractivity contribution in [2.75, 3.05) is 31.1 Å². The fraction of sp³-hybridized carbons (Fsp3) is 0.409. The average Bonchev–Trinajstić information content (AvgIpc) is 3.14. The molecule has 1 amide bonds. The average molecular weight is 393 g/mol. The maximum Gasteiger partial charge on any atom is 0.254 e. The van der Waals surface area contributed by atoms with E-state index in [1.54, 1.807) is 30.2 Å². The Labute approximate surface area is 168 Å². The molecule has 2 aliphatic rings. The molecule has 0 bridgehead atoms. The molecule has 1 fully saturated rings. The molecule has 3 heterocycles. The Balaban J connectivity index is 1.36. The summed E-state index contributed by atoms with van der Waals surface area (Å²) in [6.07, 6.45) is 8.19. The highest BCUT2D eigenvalue weighted by atomic mass is 19.1. The Bertz CT molecular complexity index is 1080. The molecule has 3 aromatic rings. The van der Waals surface area contributed by atoms with Gasteiger partial charge in [-0.1, -0.05) is 6.07 Å². The molecule has 7 heteroatoms. The number of carbonyl (C=O) groups is 1. The summed E-state index contributed by atoms with van der Waals surface area (Å²) in [5, 5.41) is 4.76. The number of benzene rings is 1. The topological polar surface area (TPSA) is 53.7 Å². The van der Waals surface area contributed by atoms with Crippen LogP contribution >= 0.6 is 0 Å². The molecular weight excluding hydrogens is 369 g/mol. The second kappa shape index (κ2) is 7.13. The molecule has 1 saturated heterocycles. The van der Waals surface area contributed by atoms with Gasteiger partial charge in [0, 0.05) is 49.7 Å². The summed E-state index contributed by atoms with van der Waals surface area (Å²) in [5.41, 5.74) is 4.59. The van der Waals surface area contributed by atoms with Crippen LogP contribution in [-0.4, -0.2) is 51.6 Å². The van der Waals surface area contributed by atoms with E-state index < -0.39 is 0 Å². The Kier molecular flexibility index (Phi) is 4.45. The SMILES string of the molecule is Cc1ccc(C(=O)N2CCN(c3nccn4nc5c(c34)CCCC5)CC2)cc1F. The number of hydrogen-bond donors (Lipinski definition) is 0. The van der Waals surface area contributed by atoms with Gasteiger partial charge in [0.1, 0.15) is 11.3 Å². The highest BCUT2D eigenvalue weighted by molar-refractivity contribution is 5.94. The van der Waals surface area contributed by atoms with E-state index in [1.807, 2.05) is 10.7 Å². The molecule has 1 aromatic carbocycles. The number of nitrogens with zero attached hydrogens (tertiary/aromatic N) is 5. The fourth-order valence-electron chi connectivity index (χ4n) is 4.41. The van der Waals surface area contributed by atoms with Crippen LogP contribution in [-0.2, 0) is 12.8 Å². The number of carbonyl (C=O) groups excluding carboxylic acids is 1. The Morgan fingerprint density at radius 3 is 2.69 bits per heavy atom. The largest absolute Gasteiger partial charge is 0.351 e. The van der Waals surface area contributed by atoms with Crippen molar-refractivity contribution in [3.63, 3.8) is 0 Å². The molecular formula is C22H24FN5O. The number of aromatic nitrogens is 3. The third kappa shape index (κ3) is 3.14. The van der Waals surface area contributed by atoms with Crippen LogP contribution in [0, 0.1) is 12.7 Å². The number of anilines is 1. The molecule has 2 aromatic heterocycles. The van der Waals surface area contributed by atoms with Crippen molar-refractivity contribution in [2.45, 2.75) is 32.6 Å². The predicted molar refractivity (Wildman–Crippen MR) is 109 cm³/mol. The van der Waals surface area contributed by atoms with Gasteiger partial charge < -0.3 is 9.80 Å². The van der Waals surface area contributed by atoms with Gasteiger partial charge in [-0.05, 0) is 50.3 Å². The van der Waals surface area contributed by atoms with E-state index in [0.29, 0.717) is 37.3 Å². The van der Waals surface area contributed by atoms with Crippen molar-refractivity contribution in [2.24, 2.45) is 0 Å². The first-order valence-electron chi connectivity index (χ1n) is 10.3. The van der Waals surface area contributed by atoms with Gasteiger partial charge >= 0.3 is 0 Å². The molecule has 6 nitrogen and oxygen atoms in total. The van der Waals surface area contributed by atoms with Crippen LogP contribution in [0.2, 0.25) is 0 Å². The van der Waals surface area contributed by atoms with Gasteiger partial charge in [0.15, 0.2) is 5.82 Å². The van der Waals surface area contributed by atoms with E-state index in [2.05, 4.69) is 9.88 Å².